The van der Waals surface area contributed by atoms with E-state index in [4.69, 9.17) is 4.74 Å². The number of nitrogens with one attached hydrogen (secondary N) is 1. The summed E-state index contributed by atoms with van der Waals surface area (Å²) in [5, 5.41) is 13.8. The molecular formula is C16H19BrN4O2S. The minimum atomic E-state index is -0.157. The molecule has 0 bridgehead atoms. The van der Waals surface area contributed by atoms with E-state index >= 15 is 0 Å². The molecule has 1 aliphatic rings. The van der Waals surface area contributed by atoms with Crippen molar-refractivity contribution in [3.05, 3.63) is 21.9 Å². The van der Waals surface area contributed by atoms with Gasteiger partial charge in [0.15, 0.2) is 5.01 Å². The van der Waals surface area contributed by atoms with E-state index in [0.717, 1.165) is 38.7 Å². The first kappa shape index (κ1) is 17.3. The second-order valence-electron chi connectivity index (χ2n) is 6.11. The number of pyridine rings is 1. The van der Waals surface area contributed by atoms with Gasteiger partial charge in [-0.3, -0.25) is 4.79 Å². The number of rotatable bonds is 5. The summed E-state index contributed by atoms with van der Waals surface area (Å²) in [7, 11) is 1.43. The molecule has 6 nitrogen and oxygen atoms in total. The smallest absolute Gasteiger partial charge is 0.309 e. The molecular weight excluding hydrogens is 392 g/mol. The molecule has 2 aromatic rings. The van der Waals surface area contributed by atoms with Crippen LogP contribution in [0.4, 0.5) is 5.69 Å². The van der Waals surface area contributed by atoms with Gasteiger partial charge >= 0.3 is 5.97 Å². The van der Waals surface area contributed by atoms with Gasteiger partial charge < -0.3 is 10.1 Å². The van der Waals surface area contributed by atoms with E-state index in [1.54, 1.807) is 6.20 Å². The van der Waals surface area contributed by atoms with Crippen LogP contribution in [0, 0.1) is 5.92 Å². The molecule has 0 saturated heterocycles. The van der Waals surface area contributed by atoms with Gasteiger partial charge in [0.05, 0.1) is 18.6 Å². The SMILES string of the molecule is COC(=O)[C@@H]1CC[C@H]1c1nnc(-c2cnc(Br)cc2NC(C)C)s1. The fraction of sp³-hybridized carbons (Fsp3) is 0.500. The first-order valence-corrected chi connectivity index (χ1v) is 9.44. The molecule has 1 saturated carbocycles. The van der Waals surface area contributed by atoms with Crippen LogP contribution in [0.1, 0.15) is 37.6 Å². The van der Waals surface area contributed by atoms with Crippen molar-refractivity contribution in [3.8, 4) is 10.6 Å². The molecule has 2 heterocycles. The molecule has 24 heavy (non-hydrogen) atoms. The highest BCUT2D eigenvalue weighted by Gasteiger charge is 2.40. The zero-order chi connectivity index (χ0) is 17.3. The number of ether oxygens (including phenoxy) is 1. The van der Waals surface area contributed by atoms with Gasteiger partial charge in [0.25, 0.3) is 0 Å². The molecule has 2 aromatic heterocycles. The molecule has 8 heteroatoms. The summed E-state index contributed by atoms with van der Waals surface area (Å²) in [6.07, 6.45) is 3.59. The van der Waals surface area contributed by atoms with Crippen molar-refractivity contribution in [2.75, 3.05) is 12.4 Å². The first-order valence-electron chi connectivity index (χ1n) is 7.83. The average molecular weight is 411 g/mol. The van der Waals surface area contributed by atoms with Crippen molar-refractivity contribution >= 4 is 38.9 Å². The maximum Gasteiger partial charge on any atom is 0.309 e. The molecule has 0 aromatic carbocycles. The zero-order valence-corrected chi connectivity index (χ0v) is 16.1. The van der Waals surface area contributed by atoms with Crippen LogP contribution in [0.5, 0.6) is 0 Å². The highest BCUT2D eigenvalue weighted by Crippen LogP contribution is 2.45. The summed E-state index contributed by atoms with van der Waals surface area (Å²) in [4.78, 5) is 16.1. The van der Waals surface area contributed by atoms with Gasteiger partial charge in [-0.25, -0.2) is 4.98 Å². The number of methoxy groups -OCH3 is 1. The van der Waals surface area contributed by atoms with Crippen LogP contribution < -0.4 is 5.32 Å². The molecule has 0 spiro atoms. The number of aromatic nitrogens is 3. The zero-order valence-electron chi connectivity index (χ0n) is 13.7. The van der Waals surface area contributed by atoms with E-state index in [9.17, 15) is 4.79 Å². The summed E-state index contributed by atoms with van der Waals surface area (Å²) in [6, 6.07) is 2.23. The summed E-state index contributed by atoms with van der Waals surface area (Å²) >= 11 is 4.93. The van der Waals surface area contributed by atoms with Gasteiger partial charge in [0.2, 0.25) is 0 Å². The quantitative estimate of drug-likeness (QED) is 0.595. The normalized spacial score (nSPS) is 19.9. The van der Waals surface area contributed by atoms with Crippen LogP contribution in [0.3, 0.4) is 0 Å². The van der Waals surface area contributed by atoms with Crippen molar-refractivity contribution in [2.45, 2.75) is 38.6 Å². The van der Waals surface area contributed by atoms with Crippen molar-refractivity contribution in [1.29, 1.82) is 0 Å². The highest BCUT2D eigenvalue weighted by molar-refractivity contribution is 9.10. The third kappa shape index (κ3) is 3.44. The molecule has 0 unspecified atom stereocenters. The van der Waals surface area contributed by atoms with E-state index in [1.165, 1.54) is 18.4 Å². The summed E-state index contributed by atoms with van der Waals surface area (Å²) in [6.45, 7) is 4.16. The number of hydrogen-bond acceptors (Lipinski definition) is 7. The standard InChI is InChI=1S/C16H19BrN4O2S/c1-8(2)19-12-6-13(17)18-7-11(12)15-21-20-14(24-15)9-4-5-10(9)16(22)23-3/h6-10H,4-5H2,1-3H3,(H,18,19)/t9-,10-/m1/s1. The number of esters is 1. The second-order valence-corrected chi connectivity index (χ2v) is 7.93. The van der Waals surface area contributed by atoms with Crippen molar-refractivity contribution < 1.29 is 9.53 Å². The average Bonchev–Trinajstić information content (AvgIpc) is 2.94. The number of anilines is 1. The lowest BCUT2D eigenvalue weighted by Crippen LogP contribution is -2.31. The Morgan fingerprint density at radius 1 is 1.42 bits per heavy atom. The van der Waals surface area contributed by atoms with Gasteiger partial charge in [0, 0.05) is 23.8 Å². The van der Waals surface area contributed by atoms with Crippen LogP contribution in [0.15, 0.2) is 16.9 Å². The molecule has 1 N–H and O–H groups in total. The Labute approximate surface area is 153 Å². The Morgan fingerprint density at radius 3 is 2.83 bits per heavy atom. The Kier molecular flexibility index (Phi) is 5.15. The largest absolute Gasteiger partial charge is 0.469 e. The Hall–Kier alpha value is -1.54. The molecule has 0 amide bonds. The van der Waals surface area contributed by atoms with Gasteiger partial charge in [-0.05, 0) is 48.7 Å². The molecule has 1 aliphatic carbocycles. The molecule has 0 aliphatic heterocycles. The van der Waals surface area contributed by atoms with Crippen molar-refractivity contribution in [3.63, 3.8) is 0 Å². The second kappa shape index (κ2) is 7.14. The van der Waals surface area contributed by atoms with E-state index in [-0.39, 0.29) is 17.8 Å². The maximum absolute atomic E-state index is 11.8. The fourth-order valence-electron chi connectivity index (χ4n) is 2.75. The molecule has 0 radical (unpaired) electrons. The molecule has 2 atom stereocenters. The molecule has 3 rings (SSSR count). The maximum atomic E-state index is 11.8. The third-order valence-electron chi connectivity index (χ3n) is 4.08. The van der Waals surface area contributed by atoms with E-state index in [2.05, 4.69) is 50.3 Å². The van der Waals surface area contributed by atoms with Crippen LogP contribution in [-0.4, -0.2) is 34.3 Å². The van der Waals surface area contributed by atoms with Crippen molar-refractivity contribution in [1.82, 2.24) is 15.2 Å². The number of nitrogens with zero attached hydrogens (tertiary/aromatic N) is 3. The minimum absolute atomic E-state index is 0.0906. The Bertz CT molecular complexity index is 749. The van der Waals surface area contributed by atoms with Gasteiger partial charge in [-0.1, -0.05) is 11.3 Å². The van der Waals surface area contributed by atoms with Gasteiger partial charge in [-0.2, -0.15) is 0 Å². The lowest BCUT2D eigenvalue weighted by atomic mass is 9.74. The number of carbonyl (C=O) groups is 1. The molecule has 1 fully saturated rings. The Balaban J connectivity index is 1.87. The number of carbonyl (C=O) groups excluding carboxylic acids is 1. The monoisotopic (exact) mass is 410 g/mol. The van der Waals surface area contributed by atoms with Crippen LogP contribution >= 0.6 is 27.3 Å². The lowest BCUT2D eigenvalue weighted by molar-refractivity contribution is -0.149. The van der Waals surface area contributed by atoms with Crippen LogP contribution in [0.2, 0.25) is 0 Å². The predicted octanol–water partition coefficient (Wildman–Crippen LogP) is 3.85. The van der Waals surface area contributed by atoms with Gasteiger partial charge in [-0.15, -0.1) is 10.2 Å². The van der Waals surface area contributed by atoms with E-state index in [0.29, 0.717) is 6.04 Å². The topological polar surface area (TPSA) is 77.0 Å². The van der Waals surface area contributed by atoms with Crippen LogP contribution in [0.25, 0.3) is 10.6 Å². The minimum Gasteiger partial charge on any atom is -0.469 e. The summed E-state index contributed by atoms with van der Waals surface area (Å²) < 4.78 is 5.63. The third-order valence-corrected chi connectivity index (χ3v) is 5.60. The first-order chi connectivity index (χ1) is 11.5. The van der Waals surface area contributed by atoms with Gasteiger partial charge in [0.1, 0.15) is 9.61 Å². The lowest BCUT2D eigenvalue weighted by Gasteiger charge is -2.32. The molecule has 128 valence electrons. The summed E-state index contributed by atoms with van der Waals surface area (Å²) in [5.41, 5.74) is 1.89. The summed E-state index contributed by atoms with van der Waals surface area (Å²) in [5.74, 6) is -0.129. The van der Waals surface area contributed by atoms with Crippen LogP contribution in [-0.2, 0) is 9.53 Å². The fourth-order valence-corrected chi connectivity index (χ4v) is 4.15. The Morgan fingerprint density at radius 2 is 2.21 bits per heavy atom. The van der Waals surface area contributed by atoms with Crippen molar-refractivity contribution in [2.24, 2.45) is 5.92 Å². The number of hydrogen-bond donors (Lipinski definition) is 1. The van der Waals surface area contributed by atoms with E-state index in [1.807, 2.05) is 6.07 Å². The number of halogens is 1. The predicted molar refractivity (Wildman–Crippen MR) is 97.1 cm³/mol. The highest BCUT2D eigenvalue weighted by atomic mass is 79.9. The van der Waals surface area contributed by atoms with E-state index < -0.39 is 0 Å².